The van der Waals surface area contributed by atoms with Gasteiger partial charge in [0.05, 0.1) is 0 Å². The van der Waals surface area contributed by atoms with Crippen molar-refractivity contribution >= 4 is 10.0 Å². The molecule has 0 aromatic carbocycles. The van der Waals surface area contributed by atoms with Crippen molar-refractivity contribution in [3.8, 4) is 0 Å². The minimum absolute atomic E-state index is 0.724. The minimum Gasteiger partial charge on any atom is -0.398 e. The topological polar surface area (TPSA) is 30.5 Å². The van der Waals surface area contributed by atoms with E-state index >= 15 is 0 Å². The summed E-state index contributed by atoms with van der Waals surface area (Å²) >= 11 is 0. The molecule has 1 atom stereocenters. The molecule has 1 saturated heterocycles. The molecule has 0 aliphatic carbocycles. The first-order chi connectivity index (χ1) is 9.93. The Bertz CT molecular complexity index is 197. The van der Waals surface area contributed by atoms with Gasteiger partial charge in [0.2, 0.25) is 0 Å². The minimum atomic E-state index is -0.724. The van der Waals surface area contributed by atoms with E-state index in [0.29, 0.717) is 0 Å². The summed E-state index contributed by atoms with van der Waals surface area (Å²) in [4.78, 5) is 0. The Labute approximate surface area is 128 Å². The van der Waals surface area contributed by atoms with Crippen molar-refractivity contribution in [2.45, 2.75) is 84.0 Å². The second-order valence-electron chi connectivity index (χ2n) is 6.14. The lowest BCUT2D eigenvalue weighted by Crippen LogP contribution is -2.30. The van der Waals surface area contributed by atoms with Crippen LogP contribution in [0.3, 0.4) is 0 Å². The third kappa shape index (κ3) is 10.8. The molecule has 1 unspecified atom stereocenters. The smallest absolute Gasteiger partial charge is 0.326 e. The molecular formula is C16H35NO2Si. The van der Waals surface area contributed by atoms with E-state index in [1.54, 1.807) is 0 Å². The second kappa shape index (κ2) is 14.1. The molecule has 1 aliphatic rings. The molecule has 1 fully saturated rings. The van der Waals surface area contributed by atoms with Gasteiger partial charge in [0, 0.05) is 13.2 Å². The van der Waals surface area contributed by atoms with Crippen LogP contribution in [-0.2, 0) is 8.95 Å². The highest BCUT2D eigenvalue weighted by Gasteiger charge is 2.10. The molecule has 4 heteroatoms. The maximum atomic E-state index is 5.46. The van der Waals surface area contributed by atoms with E-state index in [1.807, 2.05) is 0 Å². The zero-order valence-electron chi connectivity index (χ0n) is 13.5. The third-order valence-corrected chi connectivity index (χ3v) is 5.03. The molecule has 0 bridgehead atoms. The molecule has 0 radical (unpaired) electrons. The zero-order valence-corrected chi connectivity index (χ0v) is 14.9. The fourth-order valence-corrected chi connectivity index (χ4v) is 3.41. The van der Waals surface area contributed by atoms with Crippen LogP contribution in [0.25, 0.3) is 0 Å². The number of hydrogen-bond donors (Lipinski definition) is 1. The highest BCUT2D eigenvalue weighted by atomic mass is 28.3. The number of rotatable bonds is 11. The van der Waals surface area contributed by atoms with Gasteiger partial charge in [-0.2, -0.15) is 0 Å². The second-order valence-corrected chi connectivity index (χ2v) is 7.08. The van der Waals surface area contributed by atoms with Crippen LogP contribution in [0.4, 0.5) is 0 Å². The van der Waals surface area contributed by atoms with Crippen molar-refractivity contribution < 1.29 is 8.95 Å². The third-order valence-electron chi connectivity index (χ3n) is 4.25. The largest absolute Gasteiger partial charge is 0.398 e. The summed E-state index contributed by atoms with van der Waals surface area (Å²) in [6, 6.07) is 0. The van der Waals surface area contributed by atoms with Crippen LogP contribution in [0.5, 0.6) is 0 Å². The van der Waals surface area contributed by atoms with Gasteiger partial charge in [0.1, 0.15) is 0 Å². The van der Waals surface area contributed by atoms with E-state index in [1.165, 1.54) is 77.0 Å². The number of unbranched alkanes of at least 4 members (excludes halogenated alkanes) is 9. The van der Waals surface area contributed by atoms with Crippen LogP contribution >= 0.6 is 0 Å². The lowest BCUT2D eigenvalue weighted by atomic mass is 9.97. The average Bonchev–Trinajstić information content (AvgIpc) is 2.42. The fraction of sp³-hybridized carbons (Fsp3) is 1.00. The first-order valence-electron chi connectivity index (χ1n) is 8.86. The maximum Gasteiger partial charge on any atom is 0.326 e. The molecule has 1 rings (SSSR count). The summed E-state index contributed by atoms with van der Waals surface area (Å²) in [5.74, 6) is 0.748. The predicted octanol–water partition coefficient (Wildman–Crippen LogP) is 3.85. The molecule has 20 heavy (non-hydrogen) atoms. The molecule has 0 amide bonds. The van der Waals surface area contributed by atoms with Gasteiger partial charge in [0.25, 0.3) is 0 Å². The summed E-state index contributed by atoms with van der Waals surface area (Å²) in [6.45, 7) is 4.22. The molecule has 0 aromatic heterocycles. The molecule has 0 aromatic rings. The number of nitrogens with one attached hydrogen (secondary N) is 1. The highest BCUT2D eigenvalue weighted by Crippen LogP contribution is 2.16. The summed E-state index contributed by atoms with van der Waals surface area (Å²) < 4.78 is 10.7. The van der Waals surface area contributed by atoms with Crippen LogP contribution in [0.2, 0.25) is 0 Å². The van der Waals surface area contributed by atoms with E-state index in [2.05, 4.69) is 12.4 Å². The van der Waals surface area contributed by atoms with Gasteiger partial charge in [0.15, 0.2) is 0 Å². The van der Waals surface area contributed by atoms with Crippen LogP contribution < -0.4 is 5.48 Å². The SMILES string of the molecule is CCCCCCCCCCCCC1CCO[SiH2]ONC1. The van der Waals surface area contributed by atoms with Crippen LogP contribution in [-0.4, -0.2) is 23.2 Å². The summed E-state index contributed by atoms with van der Waals surface area (Å²) in [5.41, 5.74) is 3.06. The molecule has 0 saturated carbocycles. The molecule has 1 heterocycles. The van der Waals surface area contributed by atoms with Crippen LogP contribution in [0.15, 0.2) is 0 Å². The van der Waals surface area contributed by atoms with Crippen molar-refractivity contribution in [3.63, 3.8) is 0 Å². The Morgan fingerprint density at radius 1 is 0.950 bits per heavy atom. The predicted molar refractivity (Wildman–Crippen MR) is 88.2 cm³/mol. The summed E-state index contributed by atoms with van der Waals surface area (Å²) in [6.07, 6.45) is 16.7. The first-order valence-corrected chi connectivity index (χ1v) is 10.0. The first kappa shape index (κ1) is 18.1. The van der Waals surface area contributed by atoms with Gasteiger partial charge >= 0.3 is 10.0 Å². The van der Waals surface area contributed by atoms with Crippen molar-refractivity contribution in [1.82, 2.24) is 5.48 Å². The quantitative estimate of drug-likeness (QED) is 0.464. The number of hydroxylamine groups is 1. The Balaban J connectivity index is 1.81. The molecule has 1 aliphatic heterocycles. The van der Waals surface area contributed by atoms with E-state index in [9.17, 15) is 0 Å². The molecule has 3 nitrogen and oxygen atoms in total. The van der Waals surface area contributed by atoms with Crippen molar-refractivity contribution in [2.75, 3.05) is 13.2 Å². The van der Waals surface area contributed by atoms with Crippen molar-refractivity contribution in [1.29, 1.82) is 0 Å². The van der Waals surface area contributed by atoms with Gasteiger partial charge in [-0.1, -0.05) is 71.1 Å². The standard InChI is InChI=1S/C16H35NO2Si/c1-2-3-4-5-6-7-8-9-10-11-12-16-13-14-18-20-19-17-15-16/h16-17H,2-15,20H2,1H3. The van der Waals surface area contributed by atoms with Crippen molar-refractivity contribution in [2.24, 2.45) is 5.92 Å². The normalized spacial score (nSPS) is 21.8. The number of hydrogen-bond acceptors (Lipinski definition) is 3. The van der Waals surface area contributed by atoms with E-state index < -0.39 is 10.0 Å². The lowest BCUT2D eigenvalue weighted by molar-refractivity contribution is 0.101. The van der Waals surface area contributed by atoms with E-state index in [-0.39, 0.29) is 0 Å². The summed E-state index contributed by atoms with van der Waals surface area (Å²) in [5, 5.41) is 0. The average molecular weight is 302 g/mol. The van der Waals surface area contributed by atoms with E-state index in [0.717, 1.165) is 19.1 Å². The van der Waals surface area contributed by atoms with E-state index in [4.69, 9.17) is 8.95 Å². The maximum absolute atomic E-state index is 5.46. The van der Waals surface area contributed by atoms with Gasteiger partial charge in [-0.3, -0.25) is 0 Å². The fourth-order valence-electron chi connectivity index (χ4n) is 2.84. The van der Waals surface area contributed by atoms with Crippen LogP contribution in [0, 0.1) is 5.92 Å². The Morgan fingerprint density at radius 2 is 1.60 bits per heavy atom. The summed E-state index contributed by atoms with van der Waals surface area (Å²) in [7, 11) is -0.724. The van der Waals surface area contributed by atoms with Gasteiger partial charge in [-0.15, -0.1) is 0 Å². The Morgan fingerprint density at radius 3 is 2.30 bits per heavy atom. The zero-order chi connectivity index (χ0) is 14.3. The molecular weight excluding hydrogens is 266 g/mol. The van der Waals surface area contributed by atoms with Gasteiger partial charge < -0.3 is 8.95 Å². The monoisotopic (exact) mass is 301 g/mol. The Hall–Kier alpha value is 0.0969. The molecule has 1 N–H and O–H groups in total. The van der Waals surface area contributed by atoms with Crippen molar-refractivity contribution in [3.05, 3.63) is 0 Å². The Kier molecular flexibility index (Phi) is 12.7. The molecule has 120 valence electrons. The lowest BCUT2D eigenvalue weighted by Gasteiger charge is -2.20. The van der Waals surface area contributed by atoms with Crippen LogP contribution in [0.1, 0.15) is 84.0 Å². The highest BCUT2D eigenvalue weighted by molar-refractivity contribution is 6.17. The van der Waals surface area contributed by atoms with Gasteiger partial charge in [-0.25, -0.2) is 5.48 Å². The molecule has 0 spiro atoms. The van der Waals surface area contributed by atoms with Gasteiger partial charge in [-0.05, 0) is 18.8 Å².